The van der Waals surface area contributed by atoms with Crippen LogP contribution < -0.4 is 0 Å². The minimum atomic E-state index is -1.65. The second-order valence-corrected chi connectivity index (χ2v) is 10.0. The van der Waals surface area contributed by atoms with Crippen LogP contribution >= 0.6 is 47.8 Å². The molecule has 0 aromatic carbocycles. The van der Waals surface area contributed by atoms with Crippen molar-refractivity contribution in [3.05, 3.63) is 55.9 Å². The van der Waals surface area contributed by atoms with E-state index in [0.717, 1.165) is 27.1 Å². The molecule has 2 heterocycles. The fourth-order valence-corrected chi connectivity index (χ4v) is 4.20. The third kappa shape index (κ3) is 7.87. The molecular weight excluding hydrogens is 632 g/mol. The van der Waals surface area contributed by atoms with Crippen LogP contribution in [0.4, 0.5) is 8.78 Å². The lowest BCUT2D eigenvalue weighted by Crippen LogP contribution is -2.48. The number of carbonyl (C=O) groups excluding carboxylic acids is 2. The third-order valence-electron chi connectivity index (χ3n) is 5.27. The molecule has 2 aromatic heterocycles. The molecular formula is C22H24Br3F2N3O3. The molecule has 0 saturated heterocycles. The summed E-state index contributed by atoms with van der Waals surface area (Å²) in [5.41, 5.74) is -3.07. The molecule has 6 nitrogen and oxygen atoms in total. The van der Waals surface area contributed by atoms with E-state index in [0.29, 0.717) is 30.3 Å². The molecule has 4 rings (SSSR count). The number of rotatable bonds is 4. The van der Waals surface area contributed by atoms with E-state index in [-0.39, 0.29) is 5.69 Å². The van der Waals surface area contributed by atoms with Crippen molar-refractivity contribution in [3.63, 3.8) is 0 Å². The molecule has 0 N–H and O–H groups in total. The lowest BCUT2D eigenvalue weighted by atomic mass is 9.78. The standard InChI is InChI=1S/C10H9BrFNO.C7H12FNO2.C5H3Br2N/c11-8-4-1-3-7(13-8)9(14)10(12)5-2-6-10;1-9(11-2)6(10)7(8)4-3-5-7;6-4-2-1-3-5(7)8-4/h1,3-4H,2,5-6H2;3-5H2,1-2H3;1-3H. The largest absolute Gasteiger partial charge is 0.289 e. The van der Waals surface area contributed by atoms with Gasteiger partial charge in [0.25, 0.3) is 5.91 Å². The predicted molar refractivity (Wildman–Crippen MR) is 131 cm³/mol. The van der Waals surface area contributed by atoms with Gasteiger partial charge in [-0.25, -0.2) is 23.8 Å². The van der Waals surface area contributed by atoms with Crippen LogP contribution in [0.3, 0.4) is 0 Å². The van der Waals surface area contributed by atoms with Crippen LogP contribution in [0.15, 0.2) is 50.2 Å². The van der Waals surface area contributed by atoms with Gasteiger partial charge in [0, 0.05) is 7.05 Å². The maximum Gasteiger partial charge on any atom is 0.283 e. The number of carbonyl (C=O) groups is 2. The average molecular weight is 656 g/mol. The van der Waals surface area contributed by atoms with E-state index in [9.17, 15) is 18.4 Å². The van der Waals surface area contributed by atoms with E-state index in [2.05, 4.69) is 62.6 Å². The minimum Gasteiger partial charge on any atom is -0.289 e. The Kier molecular flexibility index (Phi) is 10.5. The number of alkyl halides is 2. The van der Waals surface area contributed by atoms with E-state index in [1.54, 1.807) is 18.2 Å². The summed E-state index contributed by atoms with van der Waals surface area (Å²) in [5, 5.41) is 0.944. The summed E-state index contributed by atoms with van der Waals surface area (Å²) in [4.78, 5) is 35.3. The number of halogens is 5. The van der Waals surface area contributed by atoms with Gasteiger partial charge in [-0.3, -0.25) is 14.4 Å². The molecule has 2 aliphatic carbocycles. The van der Waals surface area contributed by atoms with Crippen LogP contribution in [0.25, 0.3) is 0 Å². The Morgan fingerprint density at radius 2 is 1.33 bits per heavy atom. The molecule has 0 spiro atoms. The second-order valence-electron chi connectivity index (χ2n) is 7.58. The van der Waals surface area contributed by atoms with Gasteiger partial charge in [-0.1, -0.05) is 12.1 Å². The zero-order chi connectivity index (χ0) is 24.6. The van der Waals surface area contributed by atoms with Gasteiger partial charge in [0.15, 0.2) is 11.3 Å². The fraction of sp³-hybridized carbons (Fsp3) is 0.455. The normalized spacial score (nSPS) is 17.1. The van der Waals surface area contributed by atoms with Crippen molar-refractivity contribution < 1.29 is 23.2 Å². The summed E-state index contributed by atoms with van der Waals surface area (Å²) in [5.74, 6) is -1.05. The highest BCUT2D eigenvalue weighted by atomic mass is 79.9. The molecule has 0 unspecified atom stereocenters. The van der Waals surface area contributed by atoms with Crippen molar-refractivity contribution in [1.82, 2.24) is 15.0 Å². The molecule has 0 bridgehead atoms. The van der Waals surface area contributed by atoms with Crippen LogP contribution in [-0.2, 0) is 9.63 Å². The first-order valence-electron chi connectivity index (χ1n) is 10.2. The number of hydrogen-bond donors (Lipinski definition) is 0. The van der Waals surface area contributed by atoms with Crippen molar-refractivity contribution in [1.29, 1.82) is 0 Å². The minimum absolute atomic E-state index is 0.210. The Balaban J connectivity index is 0.000000182. The first-order valence-corrected chi connectivity index (χ1v) is 12.5. The van der Waals surface area contributed by atoms with Gasteiger partial charge in [-0.05, 0) is 111 Å². The van der Waals surface area contributed by atoms with Crippen LogP contribution in [0.5, 0.6) is 0 Å². The summed E-state index contributed by atoms with van der Waals surface area (Å²) in [6.45, 7) is 0. The molecule has 2 aromatic rings. The van der Waals surface area contributed by atoms with Crippen molar-refractivity contribution in [2.24, 2.45) is 0 Å². The zero-order valence-electron chi connectivity index (χ0n) is 18.2. The highest BCUT2D eigenvalue weighted by Crippen LogP contribution is 2.38. The van der Waals surface area contributed by atoms with Gasteiger partial charge in [0.1, 0.15) is 19.5 Å². The lowest BCUT2D eigenvalue weighted by Gasteiger charge is -2.34. The van der Waals surface area contributed by atoms with Gasteiger partial charge in [0.2, 0.25) is 5.78 Å². The number of nitrogens with zero attached hydrogens (tertiary/aromatic N) is 3. The molecule has 0 radical (unpaired) electrons. The predicted octanol–water partition coefficient (Wildman–Crippen LogP) is 6.42. The van der Waals surface area contributed by atoms with E-state index < -0.39 is 23.0 Å². The van der Waals surface area contributed by atoms with E-state index >= 15 is 0 Å². The molecule has 2 fully saturated rings. The van der Waals surface area contributed by atoms with Crippen LogP contribution in [0, 0.1) is 0 Å². The van der Waals surface area contributed by atoms with Crippen LogP contribution in [0.1, 0.15) is 49.0 Å². The van der Waals surface area contributed by atoms with Gasteiger partial charge in [0.05, 0.1) is 7.11 Å². The number of hydrogen-bond acceptors (Lipinski definition) is 5. The number of hydroxylamine groups is 2. The monoisotopic (exact) mass is 653 g/mol. The van der Waals surface area contributed by atoms with E-state index in [1.165, 1.54) is 14.2 Å². The Morgan fingerprint density at radius 1 is 0.879 bits per heavy atom. The Morgan fingerprint density at radius 3 is 1.67 bits per heavy atom. The molecule has 180 valence electrons. The Bertz CT molecular complexity index is 955. The Labute approximate surface area is 216 Å². The summed E-state index contributed by atoms with van der Waals surface area (Å²) < 4.78 is 29.2. The highest BCUT2D eigenvalue weighted by molar-refractivity contribution is 9.11. The topological polar surface area (TPSA) is 72.4 Å². The summed E-state index contributed by atoms with van der Waals surface area (Å²) >= 11 is 9.59. The van der Waals surface area contributed by atoms with E-state index in [4.69, 9.17) is 0 Å². The number of ketones is 1. The average Bonchev–Trinajstić information content (AvgIpc) is 2.75. The molecule has 0 atom stereocenters. The lowest BCUT2D eigenvalue weighted by molar-refractivity contribution is -0.187. The molecule has 2 aliphatic rings. The number of Topliss-reactive ketones (excluding diaryl/α,β-unsaturated/α-hetero) is 1. The van der Waals surface area contributed by atoms with Gasteiger partial charge in [-0.2, -0.15) is 0 Å². The summed E-state index contributed by atoms with van der Waals surface area (Å²) in [6, 6.07) is 10.6. The number of pyridine rings is 2. The maximum atomic E-state index is 13.7. The smallest absolute Gasteiger partial charge is 0.283 e. The number of amides is 1. The van der Waals surface area contributed by atoms with Crippen molar-refractivity contribution in [2.75, 3.05) is 14.2 Å². The number of aromatic nitrogens is 2. The fourth-order valence-electron chi connectivity index (χ4n) is 2.93. The third-order valence-corrected chi connectivity index (χ3v) is 6.60. The molecule has 33 heavy (non-hydrogen) atoms. The molecule has 0 aliphatic heterocycles. The van der Waals surface area contributed by atoms with Crippen molar-refractivity contribution in [3.8, 4) is 0 Å². The van der Waals surface area contributed by atoms with Gasteiger partial charge in [-0.15, -0.1) is 0 Å². The van der Waals surface area contributed by atoms with Gasteiger partial charge >= 0.3 is 0 Å². The van der Waals surface area contributed by atoms with E-state index in [1.807, 2.05) is 18.2 Å². The quantitative estimate of drug-likeness (QED) is 0.216. The Hall–Kier alpha value is -1.30. The first-order chi connectivity index (χ1) is 15.5. The molecule has 11 heteroatoms. The van der Waals surface area contributed by atoms with Gasteiger partial charge < -0.3 is 0 Å². The van der Waals surface area contributed by atoms with Crippen molar-refractivity contribution in [2.45, 2.75) is 49.9 Å². The highest BCUT2D eigenvalue weighted by Gasteiger charge is 2.46. The first kappa shape index (κ1) is 27.9. The maximum absolute atomic E-state index is 13.7. The SMILES string of the molecule is Brc1cccc(Br)n1.CON(C)C(=O)C1(F)CCC1.O=C(c1cccc(Br)n1)C1(F)CCC1. The molecule has 2 saturated carbocycles. The summed E-state index contributed by atoms with van der Waals surface area (Å²) in [7, 11) is 2.77. The van der Waals surface area contributed by atoms with Crippen molar-refractivity contribution >= 4 is 59.5 Å². The van der Waals surface area contributed by atoms with Crippen LogP contribution in [0.2, 0.25) is 0 Å². The molecule has 1 amide bonds. The zero-order valence-corrected chi connectivity index (χ0v) is 22.9. The van der Waals surface area contributed by atoms with Crippen LogP contribution in [-0.4, -0.2) is 52.2 Å². The second kappa shape index (κ2) is 12.4. The summed E-state index contributed by atoms with van der Waals surface area (Å²) in [6.07, 6.45) is 2.91.